The van der Waals surface area contributed by atoms with Crippen LogP contribution < -0.4 is 10.1 Å². The number of hydrogen-bond acceptors (Lipinski definition) is 2. The van der Waals surface area contributed by atoms with Gasteiger partial charge in [0.25, 0.3) is 0 Å². The maximum absolute atomic E-state index is 5.77. The highest BCUT2D eigenvalue weighted by Crippen LogP contribution is 2.22. The predicted octanol–water partition coefficient (Wildman–Crippen LogP) is 3.87. The fourth-order valence-electron chi connectivity index (χ4n) is 1.97. The molecule has 2 nitrogen and oxygen atoms in total. The zero-order valence-electron chi connectivity index (χ0n) is 12.2. The zero-order chi connectivity index (χ0) is 13.4. The van der Waals surface area contributed by atoms with Gasteiger partial charge in [-0.15, -0.1) is 0 Å². The zero-order valence-corrected chi connectivity index (χ0v) is 12.2. The van der Waals surface area contributed by atoms with Gasteiger partial charge in [-0.05, 0) is 36.9 Å². The van der Waals surface area contributed by atoms with Crippen LogP contribution in [0.15, 0.2) is 30.3 Å². The van der Waals surface area contributed by atoms with Gasteiger partial charge >= 0.3 is 0 Å². The normalized spacial score (nSPS) is 13.3. The van der Waals surface area contributed by atoms with Gasteiger partial charge < -0.3 is 10.1 Å². The topological polar surface area (TPSA) is 21.3 Å². The summed E-state index contributed by atoms with van der Waals surface area (Å²) < 4.78 is 5.77. The molecule has 1 aromatic rings. The summed E-state index contributed by atoms with van der Waals surface area (Å²) >= 11 is 0. The third kappa shape index (κ3) is 5.54. The fraction of sp³-hybridized carbons (Fsp3) is 0.625. The van der Waals surface area contributed by atoms with Crippen LogP contribution >= 0.6 is 0 Å². The van der Waals surface area contributed by atoms with Gasteiger partial charge in [0, 0.05) is 6.04 Å². The van der Waals surface area contributed by atoms with E-state index in [0.717, 1.165) is 25.3 Å². The van der Waals surface area contributed by atoms with E-state index in [4.69, 9.17) is 4.74 Å². The lowest BCUT2D eigenvalue weighted by Crippen LogP contribution is -2.41. The summed E-state index contributed by atoms with van der Waals surface area (Å²) in [6.07, 6.45) is 2.21. The van der Waals surface area contributed by atoms with Crippen LogP contribution in [0.25, 0.3) is 0 Å². The lowest BCUT2D eigenvalue weighted by molar-refractivity contribution is 0.208. The van der Waals surface area contributed by atoms with Gasteiger partial charge in [-0.2, -0.15) is 0 Å². The van der Waals surface area contributed by atoms with Gasteiger partial charge in [0.15, 0.2) is 0 Å². The number of para-hydroxylation sites is 1. The Balaban J connectivity index is 2.38. The largest absolute Gasteiger partial charge is 0.494 e. The number of nitrogens with one attached hydrogen (secondary N) is 1. The van der Waals surface area contributed by atoms with E-state index in [-0.39, 0.29) is 5.41 Å². The van der Waals surface area contributed by atoms with Crippen LogP contribution in [0, 0.1) is 5.41 Å². The van der Waals surface area contributed by atoms with Crippen LogP contribution in [0.3, 0.4) is 0 Å². The predicted molar refractivity (Wildman–Crippen MR) is 78.1 cm³/mol. The van der Waals surface area contributed by atoms with Crippen molar-refractivity contribution in [3.8, 4) is 5.75 Å². The van der Waals surface area contributed by atoms with E-state index in [1.165, 1.54) is 6.42 Å². The minimum Gasteiger partial charge on any atom is -0.494 e. The average molecular weight is 249 g/mol. The second kappa shape index (κ2) is 7.42. The second-order valence-electron chi connectivity index (χ2n) is 5.82. The Morgan fingerprint density at radius 2 is 1.83 bits per heavy atom. The first-order valence-corrected chi connectivity index (χ1v) is 6.95. The van der Waals surface area contributed by atoms with Crippen molar-refractivity contribution in [2.45, 2.75) is 46.6 Å². The van der Waals surface area contributed by atoms with E-state index >= 15 is 0 Å². The first-order chi connectivity index (χ1) is 8.54. The Hall–Kier alpha value is -1.02. The molecule has 0 aliphatic carbocycles. The van der Waals surface area contributed by atoms with Crippen LogP contribution in [0.5, 0.6) is 5.75 Å². The number of ether oxygens (including phenoxy) is 1. The smallest absolute Gasteiger partial charge is 0.119 e. The molecule has 0 aliphatic heterocycles. The molecule has 0 amide bonds. The van der Waals surface area contributed by atoms with E-state index in [1.54, 1.807) is 0 Å². The molecule has 0 heterocycles. The molecule has 1 atom stereocenters. The lowest BCUT2D eigenvalue weighted by Gasteiger charge is -2.31. The second-order valence-corrected chi connectivity index (χ2v) is 5.82. The van der Waals surface area contributed by atoms with Crippen LogP contribution in [0.1, 0.15) is 40.5 Å². The Morgan fingerprint density at radius 1 is 1.17 bits per heavy atom. The van der Waals surface area contributed by atoms with Crippen molar-refractivity contribution < 1.29 is 4.74 Å². The summed E-state index contributed by atoms with van der Waals surface area (Å²) in [7, 11) is 0. The van der Waals surface area contributed by atoms with Crippen molar-refractivity contribution in [1.29, 1.82) is 0 Å². The Labute approximate surface area is 112 Å². The van der Waals surface area contributed by atoms with Crippen LogP contribution in [-0.2, 0) is 0 Å². The average Bonchev–Trinajstić information content (AvgIpc) is 2.33. The highest BCUT2D eigenvalue weighted by molar-refractivity contribution is 5.20. The van der Waals surface area contributed by atoms with Crippen molar-refractivity contribution >= 4 is 0 Å². The van der Waals surface area contributed by atoms with Gasteiger partial charge in [0.05, 0.1) is 6.61 Å². The van der Waals surface area contributed by atoms with Gasteiger partial charge in [-0.25, -0.2) is 0 Å². The molecule has 0 saturated carbocycles. The van der Waals surface area contributed by atoms with E-state index in [2.05, 4.69) is 33.0 Å². The fourth-order valence-corrected chi connectivity index (χ4v) is 1.97. The van der Waals surface area contributed by atoms with Crippen molar-refractivity contribution in [2.24, 2.45) is 5.41 Å². The minimum atomic E-state index is 0.273. The molecule has 102 valence electrons. The molecule has 2 heteroatoms. The third-order valence-electron chi connectivity index (χ3n) is 3.10. The molecule has 0 radical (unpaired) electrons. The molecule has 1 unspecified atom stereocenters. The maximum Gasteiger partial charge on any atom is 0.119 e. The summed E-state index contributed by atoms with van der Waals surface area (Å²) in [6.45, 7) is 10.9. The van der Waals surface area contributed by atoms with Crippen LogP contribution in [-0.4, -0.2) is 19.2 Å². The summed E-state index contributed by atoms with van der Waals surface area (Å²) in [6, 6.07) is 10.5. The minimum absolute atomic E-state index is 0.273. The van der Waals surface area contributed by atoms with Gasteiger partial charge in [0.1, 0.15) is 5.75 Å². The molecule has 0 bridgehead atoms. The molecule has 0 aliphatic rings. The summed E-state index contributed by atoms with van der Waals surface area (Å²) in [5.74, 6) is 0.959. The molecule has 0 saturated heterocycles. The molecule has 1 aromatic carbocycles. The third-order valence-corrected chi connectivity index (χ3v) is 3.10. The highest BCUT2D eigenvalue weighted by atomic mass is 16.5. The quantitative estimate of drug-likeness (QED) is 0.792. The number of benzene rings is 1. The monoisotopic (exact) mass is 249 g/mol. The number of rotatable bonds is 7. The SMILES string of the molecule is CCCNC(CCOc1ccccc1)C(C)(C)C. The first-order valence-electron chi connectivity index (χ1n) is 6.95. The van der Waals surface area contributed by atoms with E-state index in [1.807, 2.05) is 30.3 Å². The molecule has 0 aromatic heterocycles. The molecular formula is C16H27NO. The highest BCUT2D eigenvalue weighted by Gasteiger charge is 2.23. The molecule has 0 fully saturated rings. The van der Waals surface area contributed by atoms with E-state index in [0.29, 0.717) is 6.04 Å². The first kappa shape index (κ1) is 15.0. The summed E-state index contributed by atoms with van der Waals surface area (Å²) in [5, 5.41) is 3.62. The van der Waals surface area contributed by atoms with Crippen molar-refractivity contribution in [3.05, 3.63) is 30.3 Å². The van der Waals surface area contributed by atoms with Gasteiger partial charge in [-0.1, -0.05) is 45.9 Å². The van der Waals surface area contributed by atoms with Crippen molar-refractivity contribution in [1.82, 2.24) is 5.32 Å². The van der Waals surface area contributed by atoms with Crippen molar-refractivity contribution in [3.63, 3.8) is 0 Å². The molecule has 1 rings (SSSR count). The summed E-state index contributed by atoms with van der Waals surface area (Å²) in [4.78, 5) is 0. The van der Waals surface area contributed by atoms with Gasteiger partial charge in [-0.3, -0.25) is 0 Å². The van der Waals surface area contributed by atoms with E-state index < -0.39 is 0 Å². The van der Waals surface area contributed by atoms with E-state index in [9.17, 15) is 0 Å². The van der Waals surface area contributed by atoms with Gasteiger partial charge in [0.2, 0.25) is 0 Å². The standard InChI is InChI=1S/C16H27NO/c1-5-12-17-15(16(2,3)4)11-13-18-14-9-7-6-8-10-14/h6-10,15,17H,5,11-13H2,1-4H3. The Bertz CT molecular complexity index is 316. The molecule has 1 N–H and O–H groups in total. The van der Waals surface area contributed by atoms with Crippen molar-refractivity contribution in [2.75, 3.05) is 13.2 Å². The Morgan fingerprint density at radius 3 is 2.39 bits per heavy atom. The lowest BCUT2D eigenvalue weighted by atomic mass is 9.85. The summed E-state index contributed by atoms with van der Waals surface area (Å²) in [5.41, 5.74) is 0.273. The van der Waals surface area contributed by atoms with Crippen LogP contribution in [0.4, 0.5) is 0 Å². The molecular weight excluding hydrogens is 222 g/mol. The molecule has 18 heavy (non-hydrogen) atoms. The Kier molecular flexibility index (Phi) is 6.20. The molecule has 0 spiro atoms. The van der Waals surface area contributed by atoms with Crippen LogP contribution in [0.2, 0.25) is 0 Å². The maximum atomic E-state index is 5.77. The number of hydrogen-bond donors (Lipinski definition) is 1.